The van der Waals surface area contributed by atoms with Gasteiger partial charge < -0.3 is 28.4 Å². The second-order valence-electron chi connectivity index (χ2n) is 14.8. The van der Waals surface area contributed by atoms with Crippen LogP contribution in [0, 0.1) is 5.82 Å². The van der Waals surface area contributed by atoms with Gasteiger partial charge in [-0.15, -0.1) is 0 Å². The van der Waals surface area contributed by atoms with Gasteiger partial charge in [0.2, 0.25) is 0 Å². The van der Waals surface area contributed by atoms with E-state index >= 15 is 0 Å². The van der Waals surface area contributed by atoms with E-state index in [1.54, 1.807) is 24.3 Å². The molecule has 0 spiro atoms. The highest BCUT2D eigenvalue weighted by atomic mass is 19.1. The minimum atomic E-state index is -1.08. The van der Waals surface area contributed by atoms with Gasteiger partial charge in [0.05, 0.1) is 41.0 Å². The second kappa shape index (κ2) is 25.2. The summed E-state index contributed by atoms with van der Waals surface area (Å²) >= 11 is 0. The van der Waals surface area contributed by atoms with Gasteiger partial charge in [-0.05, 0) is 128 Å². The lowest BCUT2D eigenvalue weighted by Crippen LogP contribution is -2.13. The molecule has 11 nitrogen and oxygen atoms in total. The van der Waals surface area contributed by atoms with Gasteiger partial charge in [0.1, 0.15) is 34.6 Å². The van der Waals surface area contributed by atoms with Crippen LogP contribution < -0.4 is 23.7 Å². The molecule has 63 heavy (non-hydrogen) atoms. The van der Waals surface area contributed by atoms with Crippen molar-refractivity contribution in [2.75, 3.05) is 13.2 Å². The Labute approximate surface area is 367 Å². The molecular formula is C51H53FO11. The predicted molar refractivity (Wildman–Crippen MR) is 235 cm³/mol. The number of ether oxygens (including phenoxy) is 6. The van der Waals surface area contributed by atoms with E-state index in [-0.39, 0.29) is 34.1 Å². The first-order valence-corrected chi connectivity index (χ1v) is 21.5. The molecule has 0 saturated carbocycles. The van der Waals surface area contributed by atoms with Gasteiger partial charge >= 0.3 is 29.8 Å². The van der Waals surface area contributed by atoms with Gasteiger partial charge in [0, 0.05) is 0 Å². The molecule has 0 amide bonds. The van der Waals surface area contributed by atoms with Gasteiger partial charge in [-0.25, -0.2) is 28.4 Å². The zero-order chi connectivity index (χ0) is 44.8. The third kappa shape index (κ3) is 15.5. The van der Waals surface area contributed by atoms with Crippen LogP contribution >= 0.6 is 0 Å². The summed E-state index contributed by atoms with van der Waals surface area (Å²) in [5.74, 6) is -3.60. The number of rotatable bonds is 24. The zero-order valence-electron chi connectivity index (χ0n) is 35.7. The lowest BCUT2D eigenvalue weighted by Gasteiger charge is -2.10. The number of halogens is 1. The quantitative estimate of drug-likeness (QED) is 0.0332. The third-order valence-corrected chi connectivity index (χ3v) is 9.86. The maximum absolute atomic E-state index is 14.8. The fraction of sp³-hybridized carbons (Fsp3) is 0.314. The Bertz CT molecular complexity index is 2250. The lowest BCUT2D eigenvalue weighted by atomic mass is 10.1. The molecule has 5 aromatic carbocycles. The monoisotopic (exact) mass is 860 g/mol. The van der Waals surface area contributed by atoms with Crippen molar-refractivity contribution in [3.05, 3.63) is 149 Å². The summed E-state index contributed by atoms with van der Waals surface area (Å²) in [5, 5.41) is 0. The first-order chi connectivity index (χ1) is 30.6. The van der Waals surface area contributed by atoms with Crippen molar-refractivity contribution in [2.45, 2.75) is 90.9 Å². The maximum Gasteiger partial charge on any atom is 0.346 e. The number of carbonyl (C=O) groups excluding carboxylic acids is 5. The van der Waals surface area contributed by atoms with E-state index in [0.29, 0.717) is 30.1 Å². The molecule has 0 N–H and O–H groups in total. The Morgan fingerprint density at radius 3 is 1.19 bits per heavy atom. The molecule has 0 fully saturated rings. The molecule has 0 heterocycles. The summed E-state index contributed by atoms with van der Waals surface area (Å²) in [5.41, 5.74) is 0.397. The van der Waals surface area contributed by atoms with E-state index in [9.17, 15) is 28.4 Å². The molecule has 5 aromatic rings. The van der Waals surface area contributed by atoms with Crippen LogP contribution in [0.25, 0.3) is 0 Å². The average molecular weight is 861 g/mol. The van der Waals surface area contributed by atoms with E-state index in [1.807, 2.05) is 0 Å². The van der Waals surface area contributed by atoms with Crippen molar-refractivity contribution >= 4 is 29.8 Å². The number of benzene rings is 5. The Morgan fingerprint density at radius 2 is 0.730 bits per heavy atom. The van der Waals surface area contributed by atoms with Crippen molar-refractivity contribution < 1.29 is 56.8 Å². The van der Waals surface area contributed by atoms with Gasteiger partial charge in [0.15, 0.2) is 0 Å². The highest BCUT2D eigenvalue weighted by molar-refractivity contribution is 5.95. The SMILES string of the molecule is CCCCCCCCOC(=O)c1ccc(OC(=O)c2ccc(OC(=O)c3cc(OC(=O)c4ccc(OC(=O)c5ccc(OCCCCCCCC)cc5)cc4)ccc3F)cc2)cc1. The van der Waals surface area contributed by atoms with E-state index in [0.717, 1.165) is 44.2 Å². The molecule has 0 aromatic heterocycles. The Morgan fingerprint density at radius 1 is 0.381 bits per heavy atom. The Kier molecular flexibility index (Phi) is 18.9. The van der Waals surface area contributed by atoms with Crippen LogP contribution in [0.2, 0.25) is 0 Å². The minimum absolute atomic E-state index is 0.00722. The number of hydrogen-bond acceptors (Lipinski definition) is 11. The smallest absolute Gasteiger partial charge is 0.346 e. The van der Waals surface area contributed by atoms with Crippen LogP contribution in [0.3, 0.4) is 0 Å². The summed E-state index contributed by atoms with van der Waals surface area (Å²) < 4.78 is 47.5. The summed E-state index contributed by atoms with van der Waals surface area (Å²) in [4.78, 5) is 63.7. The largest absolute Gasteiger partial charge is 0.494 e. The van der Waals surface area contributed by atoms with E-state index in [4.69, 9.17) is 28.4 Å². The van der Waals surface area contributed by atoms with Gasteiger partial charge in [-0.2, -0.15) is 0 Å². The number of esters is 5. The number of carbonyl (C=O) groups is 5. The second-order valence-corrected chi connectivity index (χ2v) is 14.8. The number of hydrogen-bond donors (Lipinski definition) is 0. The van der Waals surface area contributed by atoms with Crippen LogP contribution in [0.1, 0.15) is 143 Å². The van der Waals surface area contributed by atoms with Crippen LogP contribution in [-0.4, -0.2) is 43.1 Å². The Balaban J connectivity index is 1.06. The highest BCUT2D eigenvalue weighted by Crippen LogP contribution is 2.24. The van der Waals surface area contributed by atoms with Crippen LogP contribution in [0.4, 0.5) is 4.39 Å². The van der Waals surface area contributed by atoms with Crippen molar-refractivity contribution in [1.82, 2.24) is 0 Å². The molecule has 0 radical (unpaired) electrons. The summed E-state index contributed by atoms with van der Waals surface area (Å²) in [7, 11) is 0. The Hall–Kier alpha value is -6.82. The molecule has 330 valence electrons. The lowest BCUT2D eigenvalue weighted by molar-refractivity contribution is 0.0496. The van der Waals surface area contributed by atoms with Gasteiger partial charge in [-0.1, -0.05) is 78.1 Å². The number of unbranched alkanes of at least 4 members (excludes halogenated alkanes) is 10. The first kappa shape index (κ1) is 47.2. The summed E-state index contributed by atoms with van der Waals surface area (Å²) in [6, 6.07) is 26.9. The van der Waals surface area contributed by atoms with Gasteiger partial charge in [-0.3, -0.25) is 0 Å². The van der Waals surface area contributed by atoms with Crippen molar-refractivity contribution in [3.8, 4) is 28.7 Å². The molecule has 0 aliphatic carbocycles. The third-order valence-electron chi connectivity index (χ3n) is 9.86. The predicted octanol–water partition coefficient (Wildman–Crippen LogP) is 12.0. The van der Waals surface area contributed by atoms with Crippen LogP contribution in [-0.2, 0) is 4.74 Å². The van der Waals surface area contributed by atoms with E-state index < -0.39 is 41.2 Å². The van der Waals surface area contributed by atoms with Crippen molar-refractivity contribution in [3.63, 3.8) is 0 Å². The fourth-order valence-electron chi connectivity index (χ4n) is 6.25. The van der Waals surface area contributed by atoms with Crippen LogP contribution in [0.5, 0.6) is 28.7 Å². The molecule has 0 saturated heterocycles. The molecule has 0 unspecified atom stereocenters. The average Bonchev–Trinajstić information content (AvgIpc) is 3.29. The molecule has 12 heteroatoms. The molecule has 0 bridgehead atoms. The normalized spacial score (nSPS) is 10.7. The summed E-state index contributed by atoms with van der Waals surface area (Å²) in [6.07, 6.45) is 13.5. The molecule has 5 rings (SSSR count). The zero-order valence-corrected chi connectivity index (χ0v) is 35.7. The minimum Gasteiger partial charge on any atom is -0.494 e. The standard InChI is InChI=1S/C51H53FO11/c1-3-5-7-9-11-13-33-58-40-23-15-37(16-24-40)48(54)61-42-27-19-39(20-28-42)50(56)63-44-31-32-46(52)45(35-44)51(57)62-43-29-21-38(22-30-43)49(55)60-41-25-17-36(18-26-41)47(53)59-34-14-12-10-8-6-4-2/h15-32,35H,3-14,33-34H2,1-2H3. The van der Waals surface area contributed by atoms with Crippen LogP contribution in [0.15, 0.2) is 115 Å². The first-order valence-electron chi connectivity index (χ1n) is 21.5. The van der Waals surface area contributed by atoms with Gasteiger partial charge in [0.25, 0.3) is 0 Å². The van der Waals surface area contributed by atoms with Crippen molar-refractivity contribution in [2.24, 2.45) is 0 Å². The molecular weight excluding hydrogens is 808 g/mol. The molecule has 0 aliphatic rings. The fourth-order valence-corrected chi connectivity index (χ4v) is 6.25. The molecule has 0 atom stereocenters. The summed E-state index contributed by atoms with van der Waals surface area (Å²) in [6.45, 7) is 5.30. The van der Waals surface area contributed by atoms with E-state index in [1.165, 1.54) is 124 Å². The van der Waals surface area contributed by atoms with E-state index in [2.05, 4.69) is 13.8 Å². The maximum atomic E-state index is 14.8. The highest BCUT2D eigenvalue weighted by Gasteiger charge is 2.19. The topological polar surface area (TPSA) is 141 Å². The molecule has 0 aliphatic heterocycles. The van der Waals surface area contributed by atoms with Crippen molar-refractivity contribution in [1.29, 1.82) is 0 Å².